The fourth-order valence-corrected chi connectivity index (χ4v) is 6.19. The second-order valence-corrected chi connectivity index (χ2v) is 12.6. The lowest BCUT2D eigenvalue weighted by atomic mass is 9.63. The van der Waals surface area contributed by atoms with E-state index in [-0.39, 0.29) is 21.7 Å². The van der Waals surface area contributed by atoms with Crippen LogP contribution < -0.4 is 0 Å². The average molecular weight is 479 g/mol. The van der Waals surface area contributed by atoms with Gasteiger partial charge in [-0.2, -0.15) is 0 Å². The molecule has 0 amide bonds. The molecule has 0 spiro atoms. The van der Waals surface area contributed by atoms with Crippen LogP contribution in [0.3, 0.4) is 0 Å². The Morgan fingerprint density at radius 2 is 1.53 bits per heavy atom. The molecule has 0 atom stereocenters. The van der Waals surface area contributed by atoms with E-state index in [2.05, 4.69) is 27.7 Å². The van der Waals surface area contributed by atoms with Gasteiger partial charge in [-0.3, -0.25) is 0 Å². The number of benzene rings is 3. The van der Waals surface area contributed by atoms with E-state index in [1.54, 1.807) is 36.4 Å². The summed E-state index contributed by atoms with van der Waals surface area (Å²) in [6.45, 7) is 11.2. The predicted octanol–water partition coefficient (Wildman–Crippen LogP) is 6.98. The monoisotopic (exact) mass is 478 g/mol. The Morgan fingerprint density at radius 1 is 0.882 bits per heavy atom. The van der Waals surface area contributed by atoms with E-state index in [0.29, 0.717) is 27.8 Å². The Hall–Kier alpha value is -2.66. The van der Waals surface area contributed by atoms with E-state index in [9.17, 15) is 13.2 Å². The van der Waals surface area contributed by atoms with Crippen LogP contribution in [0.25, 0.3) is 10.8 Å². The number of ether oxygens (including phenoxy) is 1. The average Bonchev–Trinajstić information content (AvgIpc) is 2.81. The SMILES string of the molecule is CCCCOC(=O)c1cccc2cc(S(=O)(=O)c3ccc4c(c3)C(C)(C)CCC4(C)C)ccc12. The molecule has 0 N–H and O–H groups in total. The molecule has 0 aliphatic heterocycles. The maximum absolute atomic E-state index is 13.6. The Bertz CT molecular complexity index is 1350. The van der Waals surface area contributed by atoms with Crippen LogP contribution in [0.2, 0.25) is 0 Å². The van der Waals surface area contributed by atoms with Gasteiger partial charge < -0.3 is 4.74 Å². The summed E-state index contributed by atoms with van der Waals surface area (Å²) in [7, 11) is -3.72. The summed E-state index contributed by atoms with van der Waals surface area (Å²) in [4.78, 5) is 13.1. The van der Waals surface area contributed by atoms with E-state index >= 15 is 0 Å². The molecule has 0 aromatic heterocycles. The van der Waals surface area contributed by atoms with Crippen LogP contribution >= 0.6 is 0 Å². The summed E-state index contributed by atoms with van der Waals surface area (Å²) in [5.74, 6) is -0.380. The number of rotatable bonds is 6. The van der Waals surface area contributed by atoms with Crippen molar-refractivity contribution in [1.82, 2.24) is 0 Å². The fraction of sp³-hybridized carbons (Fsp3) is 0.414. The summed E-state index contributed by atoms with van der Waals surface area (Å²) >= 11 is 0. The molecule has 180 valence electrons. The van der Waals surface area contributed by atoms with Gasteiger partial charge in [0.05, 0.1) is 22.0 Å². The third-order valence-corrected chi connectivity index (χ3v) is 9.00. The van der Waals surface area contributed by atoms with Crippen LogP contribution in [0.5, 0.6) is 0 Å². The van der Waals surface area contributed by atoms with Crippen molar-refractivity contribution in [3.63, 3.8) is 0 Å². The van der Waals surface area contributed by atoms with E-state index in [4.69, 9.17) is 4.74 Å². The van der Waals surface area contributed by atoms with Crippen LogP contribution in [-0.4, -0.2) is 21.0 Å². The van der Waals surface area contributed by atoms with Gasteiger partial charge in [-0.25, -0.2) is 13.2 Å². The minimum atomic E-state index is -3.72. The van der Waals surface area contributed by atoms with Gasteiger partial charge in [-0.1, -0.05) is 65.3 Å². The molecule has 5 heteroatoms. The Labute approximate surface area is 203 Å². The minimum Gasteiger partial charge on any atom is -0.462 e. The van der Waals surface area contributed by atoms with Gasteiger partial charge in [-0.15, -0.1) is 0 Å². The number of unbranched alkanes of at least 4 members (excludes halogenated alkanes) is 1. The van der Waals surface area contributed by atoms with Gasteiger partial charge in [0, 0.05) is 0 Å². The number of carbonyl (C=O) groups is 1. The summed E-state index contributed by atoms with van der Waals surface area (Å²) in [5.41, 5.74) is 2.75. The molecule has 0 saturated carbocycles. The molecule has 0 radical (unpaired) electrons. The number of hydrogen-bond donors (Lipinski definition) is 0. The highest BCUT2D eigenvalue weighted by molar-refractivity contribution is 7.91. The van der Waals surface area contributed by atoms with Crippen LogP contribution in [-0.2, 0) is 25.4 Å². The number of fused-ring (bicyclic) bond motifs is 2. The maximum atomic E-state index is 13.6. The lowest BCUT2D eigenvalue weighted by molar-refractivity contribution is 0.0502. The summed E-state index contributed by atoms with van der Waals surface area (Å²) in [5, 5.41) is 1.39. The van der Waals surface area contributed by atoms with Crippen molar-refractivity contribution in [1.29, 1.82) is 0 Å². The molecule has 0 saturated heterocycles. The van der Waals surface area contributed by atoms with Gasteiger partial charge in [-0.05, 0) is 82.3 Å². The molecular formula is C29H34O4S. The lowest BCUT2D eigenvalue weighted by Crippen LogP contribution is -2.34. The molecule has 0 heterocycles. The van der Waals surface area contributed by atoms with Crippen LogP contribution in [0, 0.1) is 0 Å². The first-order valence-corrected chi connectivity index (χ1v) is 13.6. The van der Waals surface area contributed by atoms with Crippen LogP contribution in [0.1, 0.15) is 81.8 Å². The molecule has 4 rings (SSSR count). The minimum absolute atomic E-state index is 0.0260. The summed E-state index contributed by atoms with van der Waals surface area (Å²) in [6.07, 6.45) is 3.85. The van der Waals surface area contributed by atoms with Crippen molar-refractivity contribution >= 4 is 26.6 Å². The van der Waals surface area contributed by atoms with Crippen molar-refractivity contribution in [2.75, 3.05) is 6.61 Å². The molecule has 3 aromatic carbocycles. The van der Waals surface area contributed by atoms with Crippen molar-refractivity contribution in [2.24, 2.45) is 0 Å². The first-order valence-electron chi connectivity index (χ1n) is 12.1. The predicted molar refractivity (Wildman–Crippen MR) is 136 cm³/mol. The first-order chi connectivity index (χ1) is 16.0. The third-order valence-electron chi connectivity index (χ3n) is 7.25. The fourth-order valence-electron chi connectivity index (χ4n) is 4.86. The van der Waals surface area contributed by atoms with Crippen LogP contribution in [0.4, 0.5) is 0 Å². The highest BCUT2D eigenvalue weighted by Gasteiger charge is 2.37. The molecule has 0 fully saturated rings. The third kappa shape index (κ3) is 4.38. The van der Waals surface area contributed by atoms with Gasteiger partial charge in [0.25, 0.3) is 0 Å². The van der Waals surface area contributed by atoms with E-state index in [0.717, 1.165) is 31.2 Å². The van der Waals surface area contributed by atoms with Crippen molar-refractivity contribution in [3.05, 3.63) is 71.3 Å². The summed E-state index contributed by atoms with van der Waals surface area (Å²) in [6, 6.07) is 15.9. The van der Waals surface area contributed by atoms with Gasteiger partial charge in [0.15, 0.2) is 0 Å². The Morgan fingerprint density at radius 3 is 2.24 bits per heavy atom. The zero-order valence-electron chi connectivity index (χ0n) is 20.8. The van der Waals surface area contributed by atoms with Gasteiger partial charge in [0.1, 0.15) is 0 Å². The largest absolute Gasteiger partial charge is 0.462 e. The molecule has 3 aromatic rings. The van der Waals surface area contributed by atoms with E-state index in [1.807, 2.05) is 25.1 Å². The highest BCUT2D eigenvalue weighted by Crippen LogP contribution is 2.46. The molecule has 0 unspecified atom stereocenters. The smallest absolute Gasteiger partial charge is 0.338 e. The van der Waals surface area contributed by atoms with Crippen molar-refractivity contribution < 1.29 is 17.9 Å². The second kappa shape index (κ2) is 8.84. The summed E-state index contributed by atoms with van der Waals surface area (Å²) < 4.78 is 32.6. The van der Waals surface area contributed by atoms with Crippen LogP contribution in [0.15, 0.2) is 64.4 Å². The molecule has 1 aliphatic carbocycles. The van der Waals surface area contributed by atoms with Crippen molar-refractivity contribution in [3.8, 4) is 0 Å². The van der Waals surface area contributed by atoms with Crippen molar-refractivity contribution in [2.45, 2.75) is 80.9 Å². The zero-order chi connectivity index (χ0) is 24.7. The molecular weight excluding hydrogens is 444 g/mol. The Kier molecular flexibility index (Phi) is 6.36. The van der Waals surface area contributed by atoms with Gasteiger partial charge >= 0.3 is 5.97 Å². The molecule has 34 heavy (non-hydrogen) atoms. The standard InChI is InChI=1S/C29H34O4S/c1-6-7-17-33-27(30)24-10-8-9-20-18-21(11-13-23(20)24)34(31,32)22-12-14-25-26(19-22)29(4,5)16-15-28(25,2)3/h8-14,18-19H,6-7,15-17H2,1-5H3. The van der Waals surface area contributed by atoms with E-state index in [1.165, 1.54) is 5.56 Å². The Balaban J connectivity index is 1.74. The second-order valence-electron chi connectivity index (χ2n) is 10.7. The van der Waals surface area contributed by atoms with Gasteiger partial charge in [0.2, 0.25) is 9.84 Å². The molecule has 0 bridgehead atoms. The quantitative estimate of drug-likeness (QED) is 0.283. The highest BCUT2D eigenvalue weighted by atomic mass is 32.2. The first kappa shape index (κ1) is 24.5. The number of hydrogen-bond acceptors (Lipinski definition) is 4. The molecule has 4 nitrogen and oxygen atoms in total. The molecule has 1 aliphatic rings. The zero-order valence-corrected chi connectivity index (χ0v) is 21.6. The lowest BCUT2D eigenvalue weighted by Gasteiger charge is -2.42. The normalized spacial score (nSPS) is 16.7. The number of sulfone groups is 1. The topological polar surface area (TPSA) is 60.4 Å². The maximum Gasteiger partial charge on any atom is 0.338 e. The number of esters is 1. The number of carbonyl (C=O) groups excluding carboxylic acids is 1. The van der Waals surface area contributed by atoms with E-state index < -0.39 is 9.84 Å².